The number of aliphatic carboxylic acids is 1. The first-order valence-electron chi connectivity index (χ1n) is 3.45. The third kappa shape index (κ3) is 1.50. The Morgan fingerprint density at radius 2 is 2.00 bits per heavy atom. The highest BCUT2D eigenvalue weighted by molar-refractivity contribution is 7.88. The molecule has 1 atom stereocenters. The van der Waals surface area contributed by atoms with Crippen LogP contribution in [0.2, 0.25) is 0 Å². The number of carboxylic acid groups (broad SMARTS) is 1. The highest BCUT2D eigenvalue weighted by Crippen LogP contribution is 2.26. The molecule has 1 unspecified atom stereocenters. The summed E-state index contributed by atoms with van der Waals surface area (Å²) in [5.41, 5.74) is 0. The smallest absolute Gasteiger partial charge is 0.331 e. The predicted molar refractivity (Wildman–Crippen MR) is 44.8 cm³/mol. The number of carbonyl (C=O) groups is 1. The van der Waals surface area contributed by atoms with Crippen molar-refractivity contribution in [2.75, 3.05) is 0 Å². The number of hydrogen-bond donors (Lipinski definition) is 2. The van der Waals surface area contributed by atoms with Crippen molar-refractivity contribution < 1.29 is 22.9 Å². The standard InChI is InChI=1S/C7H8O5S/c8-6(9)7(13(10,11)12)4-2-1-3-5-7/h1-4H,5H2,(H,8,9)(H,10,11,12). The van der Waals surface area contributed by atoms with Crippen molar-refractivity contribution in [2.45, 2.75) is 11.2 Å². The van der Waals surface area contributed by atoms with E-state index in [1.54, 1.807) is 0 Å². The summed E-state index contributed by atoms with van der Waals surface area (Å²) >= 11 is 0. The SMILES string of the molecule is O=C(O)C1(S(=O)(=O)O)C=CC=CC1. The summed E-state index contributed by atoms with van der Waals surface area (Å²) in [6, 6.07) is 0. The van der Waals surface area contributed by atoms with E-state index in [0.717, 1.165) is 6.08 Å². The average molecular weight is 204 g/mol. The Bertz CT molecular complexity index is 378. The fourth-order valence-corrected chi connectivity index (χ4v) is 1.84. The largest absolute Gasteiger partial charge is 0.480 e. The van der Waals surface area contributed by atoms with Gasteiger partial charge >= 0.3 is 5.97 Å². The fourth-order valence-electron chi connectivity index (χ4n) is 1.06. The van der Waals surface area contributed by atoms with Crippen LogP contribution < -0.4 is 0 Å². The van der Waals surface area contributed by atoms with Crippen LogP contribution in [0.5, 0.6) is 0 Å². The lowest BCUT2D eigenvalue weighted by atomic mass is 10.0. The Hall–Kier alpha value is -1.14. The first-order chi connectivity index (χ1) is 5.90. The normalized spacial score (nSPS) is 27.5. The van der Waals surface area contributed by atoms with Gasteiger partial charge in [-0.05, 0) is 6.08 Å². The summed E-state index contributed by atoms with van der Waals surface area (Å²) in [6.45, 7) is 0. The van der Waals surface area contributed by atoms with Crippen molar-refractivity contribution >= 4 is 16.1 Å². The molecule has 0 aromatic heterocycles. The van der Waals surface area contributed by atoms with Crippen molar-refractivity contribution in [3.05, 3.63) is 24.3 Å². The van der Waals surface area contributed by atoms with Crippen LogP contribution in [0.3, 0.4) is 0 Å². The molecular weight excluding hydrogens is 196 g/mol. The van der Waals surface area contributed by atoms with Gasteiger partial charge in [-0.1, -0.05) is 18.2 Å². The molecule has 0 saturated carbocycles. The van der Waals surface area contributed by atoms with Crippen LogP contribution in [0.15, 0.2) is 24.3 Å². The third-order valence-corrected chi connectivity index (χ3v) is 3.25. The second kappa shape index (κ2) is 2.97. The lowest BCUT2D eigenvalue weighted by molar-refractivity contribution is -0.138. The lowest BCUT2D eigenvalue weighted by Crippen LogP contribution is -2.44. The molecule has 72 valence electrons. The van der Waals surface area contributed by atoms with E-state index in [4.69, 9.17) is 9.66 Å². The minimum absolute atomic E-state index is 0.252. The summed E-state index contributed by atoms with van der Waals surface area (Å²) < 4.78 is 28.2. The highest BCUT2D eigenvalue weighted by Gasteiger charge is 2.48. The molecule has 0 heterocycles. The molecule has 1 aliphatic rings. The molecule has 13 heavy (non-hydrogen) atoms. The van der Waals surface area contributed by atoms with Gasteiger partial charge in [-0.3, -0.25) is 9.35 Å². The van der Waals surface area contributed by atoms with Crippen LogP contribution in [-0.2, 0) is 14.9 Å². The number of rotatable bonds is 2. The van der Waals surface area contributed by atoms with E-state index in [2.05, 4.69) is 0 Å². The van der Waals surface area contributed by atoms with Crippen LogP contribution in [0.4, 0.5) is 0 Å². The highest BCUT2D eigenvalue weighted by atomic mass is 32.2. The van der Waals surface area contributed by atoms with E-state index in [9.17, 15) is 13.2 Å². The number of carboxylic acids is 1. The first-order valence-corrected chi connectivity index (χ1v) is 4.89. The molecule has 0 aliphatic heterocycles. The quantitative estimate of drug-likeness (QED) is 0.627. The van der Waals surface area contributed by atoms with Gasteiger partial charge in [0.25, 0.3) is 10.1 Å². The molecule has 0 fully saturated rings. The van der Waals surface area contributed by atoms with E-state index in [1.807, 2.05) is 0 Å². The van der Waals surface area contributed by atoms with Crippen LogP contribution in [0.25, 0.3) is 0 Å². The van der Waals surface area contributed by atoms with Crippen molar-refractivity contribution in [3.63, 3.8) is 0 Å². The van der Waals surface area contributed by atoms with E-state index < -0.39 is 20.8 Å². The minimum atomic E-state index is -4.62. The van der Waals surface area contributed by atoms with Gasteiger partial charge in [-0.15, -0.1) is 0 Å². The van der Waals surface area contributed by atoms with Crippen LogP contribution in [0, 0.1) is 0 Å². The van der Waals surface area contributed by atoms with Gasteiger partial charge in [-0.25, -0.2) is 0 Å². The second-order valence-electron chi connectivity index (χ2n) is 2.66. The number of hydrogen-bond acceptors (Lipinski definition) is 3. The number of allylic oxidation sites excluding steroid dienone is 3. The summed E-state index contributed by atoms with van der Waals surface area (Å²) in [7, 11) is -4.62. The molecule has 0 amide bonds. The van der Waals surface area contributed by atoms with Crippen molar-refractivity contribution in [2.24, 2.45) is 0 Å². The van der Waals surface area contributed by atoms with E-state index in [0.29, 0.717) is 0 Å². The van der Waals surface area contributed by atoms with Crippen molar-refractivity contribution in [3.8, 4) is 0 Å². The molecule has 0 saturated heterocycles. The molecular formula is C7H8O5S. The topological polar surface area (TPSA) is 91.7 Å². The van der Waals surface area contributed by atoms with E-state index in [-0.39, 0.29) is 6.42 Å². The van der Waals surface area contributed by atoms with Crippen LogP contribution in [-0.4, -0.2) is 28.8 Å². The van der Waals surface area contributed by atoms with E-state index in [1.165, 1.54) is 18.2 Å². The monoisotopic (exact) mass is 204 g/mol. The molecule has 0 bridgehead atoms. The summed E-state index contributed by atoms with van der Waals surface area (Å²) in [5.74, 6) is -1.57. The molecule has 0 radical (unpaired) electrons. The van der Waals surface area contributed by atoms with Gasteiger partial charge in [-0.2, -0.15) is 8.42 Å². The molecule has 1 aliphatic carbocycles. The summed E-state index contributed by atoms with van der Waals surface area (Å²) in [4.78, 5) is 10.7. The summed E-state index contributed by atoms with van der Waals surface area (Å²) in [6.07, 6.45) is 4.89. The Labute approximate surface area is 75.1 Å². The maximum Gasteiger partial charge on any atom is 0.331 e. The van der Waals surface area contributed by atoms with Gasteiger partial charge in [0, 0.05) is 6.42 Å². The zero-order chi connectivity index (χ0) is 10.1. The lowest BCUT2D eigenvalue weighted by Gasteiger charge is -2.22. The molecule has 1 rings (SSSR count). The molecule has 2 N–H and O–H groups in total. The molecule has 5 nitrogen and oxygen atoms in total. The third-order valence-electron chi connectivity index (χ3n) is 1.86. The minimum Gasteiger partial charge on any atom is -0.480 e. The van der Waals surface area contributed by atoms with Gasteiger partial charge in [0.2, 0.25) is 4.75 Å². The van der Waals surface area contributed by atoms with Gasteiger partial charge in [0.1, 0.15) is 0 Å². The zero-order valence-corrected chi connectivity index (χ0v) is 7.36. The Kier molecular flexibility index (Phi) is 2.27. The maximum absolute atomic E-state index is 10.8. The van der Waals surface area contributed by atoms with Gasteiger partial charge in [0.15, 0.2) is 0 Å². The Morgan fingerprint density at radius 1 is 1.38 bits per heavy atom. The van der Waals surface area contributed by atoms with Gasteiger partial charge in [0.05, 0.1) is 0 Å². The predicted octanol–water partition coefficient (Wildman–Crippen LogP) is 0.214. The molecule has 6 heteroatoms. The van der Waals surface area contributed by atoms with Crippen molar-refractivity contribution in [1.29, 1.82) is 0 Å². The van der Waals surface area contributed by atoms with Crippen molar-refractivity contribution in [1.82, 2.24) is 0 Å². The molecule has 0 spiro atoms. The van der Waals surface area contributed by atoms with E-state index >= 15 is 0 Å². The van der Waals surface area contributed by atoms with Crippen LogP contribution >= 0.6 is 0 Å². The van der Waals surface area contributed by atoms with Gasteiger partial charge < -0.3 is 5.11 Å². The molecule has 0 aromatic carbocycles. The first kappa shape index (κ1) is 9.94. The zero-order valence-electron chi connectivity index (χ0n) is 6.54. The molecule has 0 aromatic rings. The summed E-state index contributed by atoms with van der Waals surface area (Å²) in [5, 5.41) is 8.70. The average Bonchev–Trinajstić information content (AvgIpc) is 2.03. The second-order valence-corrected chi connectivity index (χ2v) is 4.34. The Morgan fingerprint density at radius 3 is 2.23 bits per heavy atom. The van der Waals surface area contributed by atoms with Crippen LogP contribution in [0.1, 0.15) is 6.42 Å². The fraction of sp³-hybridized carbons (Fsp3) is 0.286. The Balaban J connectivity index is 3.27. The maximum atomic E-state index is 10.8.